The van der Waals surface area contributed by atoms with E-state index in [2.05, 4.69) is 10.3 Å². The molecular weight excluding hydrogens is 305 g/mol. The number of hydrogen-bond donors (Lipinski definition) is 1. The highest BCUT2D eigenvalue weighted by Crippen LogP contribution is 2.22. The standard InChI is InChI=1S/C14H14FN5O3/c1-9-13(19-7-6-18(14(22)23)8-12(19)21)16-17-20(9)11-5-3-2-4-10(11)15/h2-5H,6-8H2,1H3,(H,22,23). The Kier molecular flexibility index (Phi) is 3.68. The van der Waals surface area contributed by atoms with Crippen LogP contribution < -0.4 is 4.90 Å². The average molecular weight is 319 g/mol. The molecule has 8 nitrogen and oxygen atoms in total. The van der Waals surface area contributed by atoms with Gasteiger partial charge in [-0.3, -0.25) is 14.6 Å². The number of carboxylic acid groups (broad SMARTS) is 1. The number of halogens is 1. The molecule has 0 saturated carbocycles. The Morgan fingerprint density at radius 3 is 2.70 bits per heavy atom. The minimum Gasteiger partial charge on any atom is -0.465 e. The summed E-state index contributed by atoms with van der Waals surface area (Å²) < 4.78 is 15.2. The predicted octanol–water partition coefficient (Wildman–Crippen LogP) is 1.04. The highest BCUT2D eigenvalue weighted by molar-refractivity contribution is 5.96. The zero-order valence-electron chi connectivity index (χ0n) is 12.3. The van der Waals surface area contributed by atoms with E-state index in [-0.39, 0.29) is 31.2 Å². The summed E-state index contributed by atoms with van der Waals surface area (Å²) in [6.07, 6.45) is -1.13. The molecule has 1 aliphatic heterocycles. The number of carbonyl (C=O) groups is 2. The Morgan fingerprint density at radius 2 is 2.04 bits per heavy atom. The fourth-order valence-corrected chi connectivity index (χ4v) is 2.48. The van der Waals surface area contributed by atoms with Gasteiger partial charge >= 0.3 is 6.09 Å². The Morgan fingerprint density at radius 1 is 1.30 bits per heavy atom. The van der Waals surface area contributed by atoms with Crippen molar-refractivity contribution in [3.63, 3.8) is 0 Å². The van der Waals surface area contributed by atoms with Gasteiger partial charge in [0.05, 0.1) is 5.69 Å². The molecule has 23 heavy (non-hydrogen) atoms. The van der Waals surface area contributed by atoms with E-state index in [1.807, 2.05) is 0 Å². The number of para-hydroxylation sites is 1. The lowest BCUT2D eigenvalue weighted by Crippen LogP contribution is -2.52. The zero-order valence-corrected chi connectivity index (χ0v) is 12.3. The summed E-state index contributed by atoms with van der Waals surface area (Å²) in [5.74, 6) is -0.528. The van der Waals surface area contributed by atoms with Crippen LogP contribution in [0, 0.1) is 12.7 Å². The molecule has 1 saturated heterocycles. The second kappa shape index (κ2) is 5.67. The first kappa shape index (κ1) is 14.9. The van der Waals surface area contributed by atoms with E-state index < -0.39 is 11.9 Å². The van der Waals surface area contributed by atoms with Crippen LogP contribution in [0.5, 0.6) is 0 Å². The Hall–Kier alpha value is -2.97. The number of rotatable bonds is 2. The molecule has 2 aromatic rings. The van der Waals surface area contributed by atoms with Crippen LogP contribution in [0.2, 0.25) is 0 Å². The van der Waals surface area contributed by atoms with Gasteiger partial charge < -0.3 is 5.11 Å². The SMILES string of the molecule is Cc1c(N2CCN(C(=O)O)CC2=O)nnn1-c1ccccc1F. The Balaban J connectivity index is 1.90. The van der Waals surface area contributed by atoms with Gasteiger partial charge in [-0.05, 0) is 19.1 Å². The van der Waals surface area contributed by atoms with Gasteiger partial charge in [-0.2, -0.15) is 0 Å². The molecule has 3 rings (SSSR count). The molecule has 0 spiro atoms. The molecule has 9 heteroatoms. The van der Waals surface area contributed by atoms with E-state index in [1.54, 1.807) is 25.1 Å². The summed E-state index contributed by atoms with van der Waals surface area (Å²) in [4.78, 5) is 25.5. The largest absolute Gasteiger partial charge is 0.465 e. The van der Waals surface area contributed by atoms with Gasteiger partial charge in [-0.1, -0.05) is 17.3 Å². The molecule has 1 aromatic carbocycles. The smallest absolute Gasteiger partial charge is 0.407 e. The molecule has 1 N–H and O–H groups in total. The first-order valence-electron chi connectivity index (χ1n) is 6.94. The molecule has 1 aromatic heterocycles. The number of carbonyl (C=O) groups excluding carboxylic acids is 1. The summed E-state index contributed by atoms with van der Waals surface area (Å²) in [7, 11) is 0. The van der Waals surface area contributed by atoms with E-state index in [9.17, 15) is 14.0 Å². The summed E-state index contributed by atoms with van der Waals surface area (Å²) in [6.45, 7) is 1.81. The quantitative estimate of drug-likeness (QED) is 0.893. The van der Waals surface area contributed by atoms with Gasteiger partial charge in [0.1, 0.15) is 18.0 Å². The maximum atomic E-state index is 13.9. The van der Waals surface area contributed by atoms with Crippen LogP contribution in [0.4, 0.5) is 15.0 Å². The van der Waals surface area contributed by atoms with Crippen LogP contribution in [0.25, 0.3) is 5.69 Å². The van der Waals surface area contributed by atoms with Crippen LogP contribution in [-0.4, -0.2) is 56.6 Å². The van der Waals surface area contributed by atoms with Crippen molar-refractivity contribution >= 4 is 17.8 Å². The minimum atomic E-state index is -1.13. The zero-order chi connectivity index (χ0) is 16.6. The molecular formula is C14H14FN5O3. The molecule has 2 amide bonds. The summed E-state index contributed by atoms with van der Waals surface area (Å²) in [5.41, 5.74) is 0.743. The number of hydrogen-bond acceptors (Lipinski definition) is 4. The van der Waals surface area contributed by atoms with Crippen LogP contribution >= 0.6 is 0 Å². The van der Waals surface area contributed by atoms with Crippen molar-refractivity contribution in [1.29, 1.82) is 0 Å². The monoisotopic (exact) mass is 319 g/mol. The van der Waals surface area contributed by atoms with Gasteiger partial charge in [0, 0.05) is 13.1 Å². The van der Waals surface area contributed by atoms with Gasteiger partial charge in [0.15, 0.2) is 5.82 Å². The van der Waals surface area contributed by atoms with E-state index in [1.165, 1.54) is 15.6 Å². The van der Waals surface area contributed by atoms with Crippen molar-refractivity contribution in [2.24, 2.45) is 0 Å². The Labute approximate surface area is 130 Å². The molecule has 0 aliphatic carbocycles. The number of piperazine rings is 1. The first-order valence-corrected chi connectivity index (χ1v) is 6.94. The van der Waals surface area contributed by atoms with E-state index in [0.717, 1.165) is 4.90 Å². The van der Waals surface area contributed by atoms with Crippen LogP contribution in [0.15, 0.2) is 24.3 Å². The number of benzene rings is 1. The molecule has 0 atom stereocenters. The van der Waals surface area contributed by atoms with E-state index in [4.69, 9.17) is 5.11 Å². The fraction of sp³-hybridized carbons (Fsp3) is 0.286. The maximum Gasteiger partial charge on any atom is 0.407 e. The lowest BCUT2D eigenvalue weighted by atomic mass is 10.2. The van der Waals surface area contributed by atoms with Gasteiger partial charge in [-0.25, -0.2) is 13.9 Å². The van der Waals surface area contributed by atoms with Crippen LogP contribution in [0.3, 0.4) is 0 Å². The topological polar surface area (TPSA) is 91.6 Å². The van der Waals surface area contributed by atoms with Crippen molar-refractivity contribution in [2.75, 3.05) is 24.5 Å². The van der Waals surface area contributed by atoms with Gasteiger partial charge in [-0.15, -0.1) is 5.10 Å². The third-order valence-corrected chi connectivity index (χ3v) is 3.70. The van der Waals surface area contributed by atoms with Gasteiger partial charge in [0.2, 0.25) is 5.91 Å². The molecule has 0 radical (unpaired) electrons. The summed E-state index contributed by atoms with van der Waals surface area (Å²) >= 11 is 0. The molecule has 0 bridgehead atoms. The van der Waals surface area contributed by atoms with Crippen molar-refractivity contribution < 1.29 is 19.1 Å². The van der Waals surface area contributed by atoms with Crippen molar-refractivity contribution in [3.8, 4) is 5.69 Å². The molecule has 2 heterocycles. The summed E-state index contributed by atoms with van der Waals surface area (Å²) in [6, 6.07) is 6.12. The summed E-state index contributed by atoms with van der Waals surface area (Å²) in [5, 5.41) is 16.8. The third-order valence-electron chi connectivity index (χ3n) is 3.70. The second-order valence-electron chi connectivity index (χ2n) is 5.11. The van der Waals surface area contributed by atoms with Crippen LogP contribution in [-0.2, 0) is 4.79 Å². The predicted molar refractivity (Wildman–Crippen MR) is 78.0 cm³/mol. The molecule has 120 valence electrons. The fourth-order valence-electron chi connectivity index (χ4n) is 2.48. The second-order valence-corrected chi connectivity index (χ2v) is 5.11. The van der Waals surface area contributed by atoms with Crippen molar-refractivity contribution in [2.45, 2.75) is 6.92 Å². The normalized spacial score (nSPS) is 15.1. The maximum absolute atomic E-state index is 13.9. The average Bonchev–Trinajstić information content (AvgIpc) is 2.89. The number of nitrogens with zero attached hydrogens (tertiary/aromatic N) is 5. The molecule has 1 fully saturated rings. The Bertz CT molecular complexity index is 776. The van der Waals surface area contributed by atoms with Crippen molar-refractivity contribution in [3.05, 3.63) is 35.8 Å². The lowest BCUT2D eigenvalue weighted by Gasteiger charge is -2.31. The van der Waals surface area contributed by atoms with E-state index >= 15 is 0 Å². The number of anilines is 1. The highest BCUT2D eigenvalue weighted by atomic mass is 19.1. The number of aromatic nitrogens is 3. The van der Waals surface area contributed by atoms with Crippen molar-refractivity contribution in [1.82, 2.24) is 19.9 Å². The highest BCUT2D eigenvalue weighted by Gasteiger charge is 2.31. The minimum absolute atomic E-state index is 0.182. The molecule has 1 aliphatic rings. The number of amides is 2. The third kappa shape index (κ3) is 2.60. The van der Waals surface area contributed by atoms with Crippen LogP contribution in [0.1, 0.15) is 5.69 Å². The molecule has 0 unspecified atom stereocenters. The lowest BCUT2D eigenvalue weighted by molar-refractivity contribution is -0.120. The van der Waals surface area contributed by atoms with Gasteiger partial charge in [0.25, 0.3) is 0 Å². The first-order chi connectivity index (χ1) is 11.0. The van der Waals surface area contributed by atoms with E-state index in [0.29, 0.717) is 11.5 Å².